The summed E-state index contributed by atoms with van der Waals surface area (Å²) >= 11 is 1.45. The number of hydrogen-bond acceptors (Lipinski definition) is 4. The van der Waals surface area contributed by atoms with Crippen LogP contribution in [0.1, 0.15) is 25.7 Å². The lowest BCUT2D eigenvalue weighted by atomic mass is 10.1. The van der Waals surface area contributed by atoms with Crippen molar-refractivity contribution in [2.45, 2.75) is 13.5 Å². The summed E-state index contributed by atoms with van der Waals surface area (Å²) in [6, 6.07) is 23.9. The molecule has 1 N–H and O–H groups in total. The Kier molecular flexibility index (Phi) is 5.63. The van der Waals surface area contributed by atoms with Gasteiger partial charge in [0.2, 0.25) is 0 Å². The van der Waals surface area contributed by atoms with Gasteiger partial charge in [0.15, 0.2) is 0 Å². The van der Waals surface area contributed by atoms with Gasteiger partial charge in [-0.05, 0) is 24.6 Å². The lowest BCUT2D eigenvalue weighted by Gasteiger charge is -2.01. The van der Waals surface area contributed by atoms with E-state index in [4.69, 9.17) is 5.10 Å². The van der Waals surface area contributed by atoms with Crippen LogP contribution in [0.5, 0.6) is 0 Å². The molecule has 2 aromatic carbocycles. The number of rotatable bonds is 6. The van der Waals surface area contributed by atoms with Crippen LogP contribution in [-0.2, 0) is 6.54 Å². The zero-order valence-corrected chi connectivity index (χ0v) is 16.8. The summed E-state index contributed by atoms with van der Waals surface area (Å²) in [7, 11) is 0. The molecule has 0 aliphatic rings. The van der Waals surface area contributed by atoms with Crippen molar-refractivity contribution in [3.63, 3.8) is 0 Å². The quantitative estimate of drug-likeness (QED) is 0.376. The van der Waals surface area contributed by atoms with Gasteiger partial charge >= 0.3 is 0 Å². The van der Waals surface area contributed by atoms with E-state index in [0.717, 1.165) is 21.7 Å². The molecule has 5 nitrogen and oxygen atoms in total. The third-order valence-electron chi connectivity index (χ3n) is 4.36. The van der Waals surface area contributed by atoms with Crippen molar-refractivity contribution < 1.29 is 4.79 Å². The first-order chi connectivity index (χ1) is 14.2. The molecule has 0 saturated carbocycles. The standard InChI is InChI=1S/C23H20N4OS/c1-17-12-13-21(29-17)23(28)25-24-14-20-16-27(15-18-8-4-2-5-9-18)26-22(20)19-10-6-3-7-11-19/h2-14,16H,15H2,1H3,(H,25,28). The van der Waals surface area contributed by atoms with Gasteiger partial charge in [0, 0.05) is 22.2 Å². The number of carbonyl (C=O) groups excluding carboxylic acids is 1. The number of thiophene rings is 1. The maximum Gasteiger partial charge on any atom is 0.281 e. The van der Waals surface area contributed by atoms with Crippen LogP contribution in [0.3, 0.4) is 0 Å². The van der Waals surface area contributed by atoms with Crippen LogP contribution < -0.4 is 5.43 Å². The van der Waals surface area contributed by atoms with Crippen molar-refractivity contribution in [1.29, 1.82) is 0 Å². The van der Waals surface area contributed by atoms with E-state index in [2.05, 4.69) is 22.7 Å². The number of carbonyl (C=O) groups is 1. The molecule has 144 valence electrons. The molecule has 1 amide bonds. The van der Waals surface area contributed by atoms with Crippen molar-refractivity contribution in [2.75, 3.05) is 0 Å². The van der Waals surface area contributed by atoms with Crippen molar-refractivity contribution in [2.24, 2.45) is 5.10 Å². The van der Waals surface area contributed by atoms with Crippen LogP contribution in [0.25, 0.3) is 11.3 Å². The lowest BCUT2D eigenvalue weighted by Crippen LogP contribution is -2.16. The first-order valence-corrected chi connectivity index (χ1v) is 10.1. The Bertz CT molecular complexity index is 1130. The van der Waals surface area contributed by atoms with Crippen LogP contribution in [0.2, 0.25) is 0 Å². The summed E-state index contributed by atoms with van der Waals surface area (Å²) in [4.78, 5) is 13.9. The lowest BCUT2D eigenvalue weighted by molar-refractivity contribution is 0.0959. The molecule has 0 radical (unpaired) electrons. The van der Waals surface area contributed by atoms with Gasteiger partial charge < -0.3 is 0 Å². The Labute approximate surface area is 173 Å². The first kappa shape index (κ1) is 18.8. The molecule has 0 spiro atoms. The van der Waals surface area contributed by atoms with Gasteiger partial charge in [-0.2, -0.15) is 10.2 Å². The number of hydrazone groups is 1. The summed E-state index contributed by atoms with van der Waals surface area (Å²) in [5, 5.41) is 8.91. The van der Waals surface area contributed by atoms with Crippen LogP contribution >= 0.6 is 11.3 Å². The highest BCUT2D eigenvalue weighted by atomic mass is 32.1. The first-order valence-electron chi connectivity index (χ1n) is 9.26. The largest absolute Gasteiger partial charge is 0.281 e. The fourth-order valence-corrected chi connectivity index (χ4v) is 3.73. The zero-order chi connectivity index (χ0) is 20.1. The predicted molar refractivity (Wildman–Crippen MR) is 117 cm³/mol. The molecule has 2 aromatic heterocycles. The van der Waals surface area contributed by atoms with E-state index in [-0.39, 0.29) is 5.91 Å². The van der Waals surface area contributed by atoms with Crippen molar-refractivity contribution in [3.8, 4) is 11.3 Å². The van der Waals surface area contributed by atoms with Crippen molar-refractivity contribution in [1.82, 2.24) is 15.2 Å². The molecule has 0 atom stereocenters. The molecule has 0 fully saturated rings. The van der Waals surface area contributed by atoms with Gasteiger partial charge in [-0.25, -0.2) is 5.43 Å². The highest BCUT2D eigenvalue weighted by molar-refractivity contribution is 7.13. The molecular weight excluding hydrogens is 380 g/mol. The molecule has 0 aliphatic heterocycles. The monoisotopic (exact) mass is 400 g/mol. The fourth-order valence-electron chi connectivity index (χ4n) is 2.98. The van der Waals surface area contributed by atoms with Gasteiger partial charge in [0.25, 0.3) is 5.91 Å². The minimum atomic E-state index is -0.211. The van der Waals surface area contributed by atoms with Crippen molar-refractivity contribution in [3.05, 3.63) is 99.9 Å². The predicted octanol–water partition coefficient (Wildman–Crippen LogP) is 4.73. The maximum absolute atomic E-state index is 12.2. The molecule has 2 heterocycles. The van der Waals surface area contributed by atoms with E-state index in [1.54, 1.807) is 12.3 Å². The number of aryl methyl sites for hydroxylation is 1. The number of nitrogens with one attached hydrogen (secondary N) is 1. The normalized spacial score (nSPS) is 11.1. The van der Waals surface area contributed by atoms with Gasteiger partial charge in [-0.3, -0.25) is 9.48 Å². The van der Waals surface area contributed by atoms with Gasteiger partial charge in [-0.15, -0.1) is 11.3 Å². The maximum atomic E-state index is 12.2. The summed E-state index contributed by atoms with van der Waals surface area (Å²) in [5.41, 5.74) is 6.44. The number of benzene rings is 2. The van der Waals surface area contributed by atoms with Crippen LogP contribution in [-0.4, -0.2) is 21.9 Å². The van der Waals surface area contributed by atoms with E-state index in [1.807, 2.05) is 72.4 Å². The molecule has 0 unspecified atom stereocenters. The van der Waals surface area contributed by atoms with E-state index in [1.165, 1.54) is 16.9 Å². The molecule has 0 bridgehead atoms. The van der Waals surface area contributed by atoms with Crippen LogP contribution in [0.4, 0.5) is 0 Å². The Morgan fingerprint density at radius 2 is 1.79 bits per heavy atom. The SMILES string of the molecule is Cc1ccc(C(=O)NN=Cc2cn(Cc3ccccc3)nc2-c2ccccc2)s1. The zero-order valence-electron chi connectivity index (χ0n) is 15.9. The minimum Gasteiger partial charge on any atom is -0.267 e. The smallest absolute Gasteiger partial charge is 0.267 e. The molecular formula is C23H20N4OS. The second-order valence-electron chi connectivity index (χ2n) is 6.59. The summed E-state index contributed by atoms with van der Waals surface area (Å²) < 4.78 is 1.89. The van der Waals surface area contributed by atoms with Crippen LogP contribution in [0.15, 0.2) is 84.1 Å². The Morgan fingerprint density at radius 1 is 1.07 bits per heavy atom. The van der Waals surface area contributed by atoms with E-state index >= 15 is 0 Å². The summed E-state index contributed by atoms with van der Waals surface area (Å²) in [5.74, 6) is -0.211. The third-order valence-corrected chi connectivity index (χ3v) is 5.36. The summed E-state index contributed by atoms with van der Waals surface area (Å²) in [6.45, 7) is 2.63. The second kappa shape index (κ2) is 8.67. The third kappa shape index (κ3) is 4.67. The number of amides is 1. The number of aromatic nitrogens is 2. The van der Waals surface area contributed by atoms with Crippen molar-refractivity contribution >= 4 is 23.5 Å². The van der Waals surface area contributed by atoms with E-state index < -0.39 is 0 Å². The Hall–Kier alpha value is -3.51. The highest BCUT2D eigenvalue weighted by Crippen LogP contribution is 2.21. The van der Waals surface area contributed by atoms with Crippen LogP contribution in [0, 0.1) is 6.92 Å². The molecule has 0 saturated heterocycles. The topological polar surface area (TPSA) is 59.3 Å². The Morgan fingerprint density at radius 3 is 2.48 bits per heavy atom. The Balaban J connectivity index is 1.57. The molecule has 29 heavy (non-hydrogen) atoms. The van der Waals surface area contributed by atoms with E-state index in [0.29, 0.717) is 11.4 Å². The fraction of sp³-hybridized carbons (Fsp3) is 0.0870. The second-order valence-corrected chi connectivity index (χ2v) is 7.88. The molecule has 0 aliphatic carbocycles. The highest BCUT2D eigenvalue weighted by Gasteiger charge is 2.11. The van der Waals surface area contributed by atoms with E-state index in [9.17, 15) is 4.79 Å². The summed E-state index contributed by atoms with van der Waals surface area (Å²) in [6.07, 6.45) is 3.59. The number of hydrogen-bond donors (Lipinski definition) is 1. The molecule has 6 heteroatoms. The average molecular weight is 401 g/mol. The van der Waals surface area contributed by atoms with Gasteiger partial charge in [0.05, 0.1) is 17.6 Å². The number of nitrogens with zero attached hydrogens (tertiary/aromatic N) is 3. The average Bonchev–Trinajstić information content (AvgIpc) is 3.36. The van der Waals surface area contributed by atoms with Gasteiger partial charge in [0.1, 0.15) is 5.69 Å². The molecule has 4 rings (SSSR count). The minimum absolute atomic E-state index is 0.211. The molecule has 4 aromatic rings. The van der Waals surface area contributed by atoms with Gasteiger partial charge in [-0.1, -0.05) is 60.7 Å².